The van der Waals surface area contributed by atoms with Crippen LogP contribution in [0.1, 0.15) is 98.8 Å². The second-order valence-corrected chi connectivity index (χ2v) is 7.64. The van der Waals surface area contributed by atoms with Crippen LogP contribution >= 0.6 is 0 Å². The predicted octanol–water partition coefficient (Wildman–Crippen LogP) is 5.67. The molecular formula is C21H40O4. The molecule has 0 aromatic carbocycles. The predicted molar refractivity (Wildman–Crippen MR) is 102 cm³/mol. The average molecular weight is 357 g/mol. The topological polar surface area (TPSA) is 52.6 Å². The van der Waals surface area contributed by atoms with E-state index in [1.807, 2.05) is 0 Å². The largest absolute Gasteiger partial charge is 0.466 e. The molecule has 0 fully saturated rings. The zero-order chi connectivity index (χ0) is 19.1. The quantitative estimate of drug-likeness (QED) is 0.280. The molecule has 0 bridgehead atoms. The van der Waals surface area contributed by atoms with Crippen LogP contribution in [0.2, 0.25) is 0 Å². The van der Waals surface area contributed by atoms with Crippen LogP contribution in [0.15, 0.2) is 0 Å². The molecule has 0 aliphatic heterocycles. The highest BCUT2D eigenvalue weighted by atomic mass is 16.5. The highest BCUT2D eigenvalue weighted by molar-refractivity contribution is 5.72. The first-order valence-electron chi connectivity index (χ1n) is 10.2. The maximum Gasteiger partial charge on any atom is 0.306 e. The Bertz CT molecular complexity index is 342. The SMILES string of the molecule is CCCCCCCCCOC(=O)CCCC(=O)OC(C(C)C)C(C)C. The van der Waals surface area contributed by atoms with E-state index in [1.165, 1.54) is 32.1 Å². The van der Waals surface area contributed by atoms with E-state index in [0.717, 1.165) is 12.8 Å². The van der Waals surface area contributed by atoms with Crippen LogP contribution in [-0.2, 0) is 19.1 Å². The van der Waals surface area contributed by atoms with Gasteiger partial charge in [-0.15, -0.1) is 0 Å². The zero-order valence-corrected chi connectivity index (χ0v) is 17.1. The normalized spacial score (nSPS) is 11.4. The van der Waals surface area contributed by atoms with E-state index >= 15 is 0 Å². The second-order valence-electron chi connectivity index (χ2n) is 7.64. The van der Waals surface area contributed by atoms with Gasteiger partial charge in [-0.3, -0.25) is 9.59 Å². The van der Waals surface area contributed by atoms with Crippen molar-refractivity contribution in [1.29, 1.82) is 0 Å². The second kappa shape index (κ2) is 15.2. The van der Waals surface area contributed by atoms with E-state index in [1.54, 1.807) is 0 Å². The van der Waals surface area contributed by atoms with Crippen LogP contribution in [0, 0.1) is 11.8 Å². The molecule has 0 unspecified atom stereocenters. The van der Waals surface area contributed by atoms with Crippen molar-refractivity contribution >= 4 is 11.9 Å². The molecule has 4 nitrogen and oxygen atoms in total. The Balaban J connectivity index is 3.64. The number of hydrogen-bond acceptors (Lipinski definition) is 4. The maximum atomic E-state index is 11.9. The fourth-order valence-electron chi connectivity index (χ4n) is 2.95. The third-order valence-corrected chi connectivity index (χ3v) is 4.35. The minimum Gasteiger partial charge on any atom is -0.466 e. The summed E-state index contributed by atoms with van der Waals surface area (Å²) in [6.45, 7) is 10.9. The third-order valence-electron chi connectivity index (χ3n) is 4.35. The minimum absolute atomic E-state index is 0.0585. The molecule has 0 aliphatic carbocycles. The van der Waals surface area contributed by atoms with Gasteiger partial charge >= 0.3 is 11.9 Å². The lowest BCUT2D eigenvalue weighted by Gasteiger charge is -2.24. The van der Waals surface area contributed by atoms with E-state index in [4.69, 9.17) is 9.47 Å². The Morgan fingerprint density at radius 3 is 1.80 bits per heavy atom. The van der Waals surface area contributed by atoms with Crippen LogP contribution < -0.4 is 0 Å². The summed E-state index contributed by atoms with van der Waals surface area (Å²) in [5.74, 6) is 0.183. The fraction of sp³-hybridized carbons (Fsp3) is 0.905. The first kappa shape index (κ1) is 23.9. The number of rotatable bonds is 15. The molecule has 0 rings (SSSR count). The number of esters is 2. The molecule has 0 saturated carbocycles. The molecule has 4 heteroatoms. The Morgan fingerprint density at radius 1 is 0.720 bits per heavy atom. The zero-order valence-electron chi connectivity index (χ0n) is 17.1. The van der Waals surface area contributed by atoms with Crippen molar-refractivity contribution in [2.75, 3.05) is 6.61 Å². The van der Waals surface area contributed by atoms with Gasteiger partial charge < -0.3 is 9.47 Å². The summed E-state index contributed by atoms with van der Waals surface area (Å²) in [5.41, 5.74) is 0. The van der Waals surface area contributed by atoms with Gasteiger partial charge in [0.1, 0.15) is 6.10 Å². The third kappa shape index (κ3) is 13.9. The summed E-state index contributed by atoms with van der Waals surface area (Å²) in [7, 11) is 0. The monoisotopic (exact) mass is 356 g/mol. The van der Waals surface area contributed by atoms with Crippen LogP contribution in [0.5, 0.6) is 0 Å². The molecule has 148 valence electrons. The molecule has 0 atom stereocenters. The van der Waals surface area contributed by atoms with Crippen LogP contribution in [0.25, 0.3) is 0 Å². The smallest absolute Gasteiger partial charge is 0.306 e. The van der Waals surface area contributed by atoms with Crippen molar-refractivity contribution in [2.24, 2.45) is 11.8 Å². The molecule has 25 heavy (non-hydrogen) atoms. The van der Waals surface area contributed by atoms with Gasteiger partial charge in [-0.25, -0.2) is 0 Å². The van der Waals surface area contributed by atoms with Crippen LogP contribution in [0.3, 0.4) is 0 Å². The van der Waals surface area contributed by atoms with Crippen LogP contribution in [-0.4, -0.2) is 24.6 Å². The first-order valence-corrected chi connectivity index (χ1v) is 10.2. The van der Waals surface area contributed by atoms with E-state index in [9.17, 15) is 9.59 Å². The highest BCUT2D eigenvalue weighted by Gasteiger charge is 2.21. The number of ether oxygens (including phenoxy) is 2. The van der Waals surface area contributed by atoms with Gasteiger partial charge in [0.25, 0.3) is 0 Å². The van der Waals surface area contributed by atoms with Gasteiger partial charge in [0.05, 0.1) is 6.61 Å². The number of carbonyl (C=O) groups is 2. The van der Waals surface area contributed by atoms with Gasteiger partial charge in [0.15, 0.2) is 0 Å². The lowest BCUT2D eigenvalue weighted by molar-refractivity contribution is -0.154. The average Bonchev–Trinajstić information content (AvgIpc) is 2.54. The summed E-state index contributed by atoms with van der Waals surface area (Å²) in [6.07, 6.45) is 9.44. The summed E-state index contributed by atoms with van der Waals surface area (Å²) in [4.78, 5) is 23.5. The number of hydrogen-bond donors (Lipinski definition) is 0. The van der Waals surface area contributed by atoms with Crippen molar-refractivity contribution in [3.05, 3.63) is 0 Å². The molecule has 0 radical (unpaired) electrons. The molecule has 0 N–H and O–H groups in total. The molecule has 0 heterocycles. The van der Waals surface area contributed by atoms with Gasteiger partial charge in [-0.05, 0) is 24.7 Å². The van der Waals surface area contributed by atoms with Crippen LogP contribution in [0.4, 0.5) is 0 Å². The van der Waals surface area contributed by atoms with E-state index in [-0.39, 0.29) is 24.5 Å². The Morgan fingerprint density at radius 2 is 1.24 bits per heavy atom. The summed E-state index contributed by atoms with van der Waals surface area (Å²) in [5, 5.41) is 0. The van der Waals surface area contributed by atoms with Crippen molar-refractivity contribution < 1.29 is 19.1 Å². The Kier molecular flexibility index (Phi) is 14.6. The van der Waals surface area contributed by atoms with Gasteiger partial charge in [-0.2, -0.15) is 0 Å². The Labute approximate surface area is 155 Å². The number of carbonyl (C=O) groups excluding carboxylic acids is 2. The molecule has 0 amide bonds. The van der Waals surface area contributed by atoms with E-state index < -0.39 is 0 Å². The van der Waals surface area contributed by atoms with E-state index in [0.29, 0.717) is 31.3 Å². The van der Waals surface area contributed by atoms with Crippen molar-refractivity contribution in [3.63, 3.8) is 0 Å². The summed E-state index contributed by atoms with van der Waals surface area (Å²) in [6, 6.07) is 0. The van der Waals surface area contributed by atoms with Gasteiger partial charge in [0, 0.05) is 12.8 Å². The van der Waals surface area contributed by atoms with Crippen molar-refractivity contribution in [1.82, 2.24) is 0 Å². The molecular weight excluding hydrogens is 316 g/mol. The first-order chi connectivity index (χ1) is 11.9. The fourth-order valence-corrected chi connectivity index (χ4v) is 2.95. The van der Waals surface area contributed by atoms with Crippen molar-refractivity contribution in [2.45, 2.75) is 105 Å². The molecule has 0 aromatic rings. The van der Waals surface area contributed by atoms with Crippen molar-refractivity contribution in [3.8, 4) is 0 Å². The molecule has 0 aromatic heterocycles. The standard InChI is InChI=1S/C21H40O4/c1-6-7-8-9-10-11-12-16-24-19(22)14-13-15-20(23)25-21(17(2)3)18(4)5/h17-18,21H,6-16H2,1-5H3. The molecule has 0 aliphatic rings. The lowest BCUT2D eigenvalue weighted by Crippen LogP contribution is -2.28. The van der Waals surface area contributed by atoms with E-state index in [2.05, 4.69) is 34.6 Å². The minimum atomic E-state index is -0.215. The number of unbranched alkanes of at least 4 members (excludes halogenated alkanes) is 6. The van der Waals surface area contributed by atoms with Gasteiger partial charge in [-0.1, -0.05) is 73.1 Å². The summed E-state index contributed by atoms with van der Waals surface area (Å²) < 4.78 is 10.7. The summed E-state index contributed by atoms with van der Waals surface area (Å²) >= 11 is 0. The Hall–Kier alpha value is -1.06. The van der Waals surface area contributed by atoms with Gasteiger partial charge in [0.2, 0.25) is 0 Å². The lowest BCUT2D eigenvalue weighted by atomic mass is 9.96. The molecule has 0 saturated heterocycles. The highest BCUT2D eigenvalue weighted by Crippen LogP contribution is 2.17. The molecule has 0 spiro atoms. The maximum absolute atomic E-state index is 11.9.